The fourth-order valence-electron chi connectivity index (χ4n) is 0.668. The SMILES string of the molecule is CNC(=O)CCSCC(C)(C)C. The number of hydrogen-bond acceptors (Lipinski definition) is 2. The first kappa shape index (κ1) is 11.8. The van der Waals surface area contributed by atoms with Crippen LogP contribution >= 0.6 is 11.8 Å². The summed E-state index contributed by atoms with van der Waals surface area (Å²) in [6, 6.07) is 0. The molecule has 0 aliphatic carbocycles. The molecule has 3 heteroatoms. The third kappa shape index (κ3) is 7.92. The van der Waals surface area contributed by atoms with Crippen LogP contribution in [0.15, 0.2) is 0 Å². The maximum absolute atomic E-state index is 10.8. The molecule has 0 aromatic heterocycles. The third-order valence-electron chi connectivity index (χ3n) is 1.29. The molecule has 0 aliphatic heterocycles. The molecule has 0 heterocycles. The number of carbonyl (C=O) groups is 1. The van der Waals surface area contributed by atoms with Crippen molar-refractivity contribution in [1.82, 2.24) is 5.32 Å². The number of rotatable bonds is 4. The molecular weight excluding hydrogens is 170 g/mol. The molecule has 0 unspecified atom stereocenters. The summed E-state index contributed by atoms with van der Waals surface area (Å²) in [4.78, 5) is 10.8. The van der Waals surface area contributed by atoms with Gasteiger partial charge in [0, 0.05) is 19.2 Å². The minimum Gasteiger partial charge on any atom is -0.359 e. The summed E-state index contributed by atoms with van der Waals surface area (Å²) < 4.78 is 0. The van der Waals surface area contributed by atoms with Crippen LogP contribution in [0, 0.1) is 5.41 Å². The van der Waals surface area contributed by atoms with Crippen LogP contribution in [0.1, 0.15) is 27.2 Å². The zero-order valence-corrected chi connectivity index (χ0v) is 9.25. The quantitative estimate of drug-likeness (QED) is 0.684. The summed E-state index contributed by atoms with van der Waals surface area (Å²) in [6.45, 7) is 6.62. The highest BCUT2D eigenvalue weighted by molar-refractivity contribution is 7.99. The van der Waals surface area contributed by atoms with Crippen molar-refractivity contribution < 1.29 is 4.79 Å². The molecule has 0 saturated heterocycles. The number of thioether (sulfide) groups is 1. The van der Waals surface area contributed by atoms with Crippen LogP contribution in [0.5, 0.6) is 0 Å². The van der Waals surface area contributed by atoms with Crippen molar-refractivity contribution >= 4 is 17.7 Å². The van der Waals surface area contributed by atoms with E-state index < -0.39 is 0 Å². The molecule has 72 valence electrons. The van der Waals surface area contributed by atoms with Crippen molar-refractivity contribution in [3.63, 3.8) is 0 Å². The van der Waals surface area contributed by atoms with Gasteiger partial charge in [0.15, 0.2) is 0 Å². The average molecular weight is 189 g/mol. The van der Waals surface area contributed by atoms with Crippen LogP contribution < -0.4 is 5.32 Å². The van der Waals surface area contributed by atoms with Gasteiger partial charge in [-0.1, -0.05) is 20.8 Å². The van der Waals surface area contributed by atoms with Crippen LogP contribution in [-0.4, -0.2) is 24.5 Å². The standard InChI is InChI=1S/C9H19NOS/c1-9(2,3)7-12-6-5-8(11)10-4/h5-7H2,1-4H3,(H,10,11). The lowest BCUT2D eigenvalue weighted by atomic mass is 10.0. The van der Waals surface area contributed by atoms with Gasteiger partial charge in [-0.15, -0.1) is 0 Å². The van der Waals surface area contributed by atoms with Gasteiger partial charge in [-0.2, -0.15) is 11.8 Å². The summed E-state index contributed by atoms with van der Waals surface area (Å²) in [5.74, 6) is 2.18. The highest BCUT2D eigenvalue weighted by Gasteiger charge is 2.09. The predicted molar refractivity (Wildman–Crippen MR) is 55.5 cm³/mol. The van der Waals surface area contributed by atoms with E-state index in [1.165, 1.54) is 0 Å². The Kier molecular flexibility index (Phi) is 5.38. The van der Waals surface area contributed by atoms with Gasteiger partial charge >= 0.3 is 0 Å². The average Bonchev–Trinajstić information content (AvgIpc) is 1.96. The zero-order valence-electron chi connectivity index (χ0n) is 8.44. The van der Waals surface area contributed by atoms with Crippen LogP contribution in [0.2, 0.25) is 0 Å². The second-order valence-electron chi connectivity index (χ2n) is 4.04. The smallest absolute Gasteiger partial charge is 0.220 e. The van der Waals surface area contributed by atoms with Crippen LogP contribution in [0.25, 0.3) is 0 Å². The van der Waals surface area contributed by atoms with Gasteiger partial charge in [-0.3, -0.25) is 4.79 Å². The molecule has 2 nitrogen and oxygen atoms in total. The van der Waals surface area contributed by atoms with Crippen molar-refractivity contribution in [2.45, 2.75) is 27.2 Å². The molecule has 1 amide bonds. The predicted octanol–water partition coefficient (Wildman–Crippen LogP) is 1.90. The maximum atomic E-state index is 10.8. The summed E-state index contributed by atoms with van der Waals surface area (Å²) in [5.41, 5.74) is 0.368. The topological polar surface area (TPSA) is 29.1 Å². The van der Waals surface area contributed by atoms with E-state index in [1.807, 2.05) is 11.8 Å². The van der Waals surface area contributed by atoms with E-state index in [0.717, 1.165) is 11.5 Å². The zero-order chi connectivity index (χ0) is 9.61. The van der Waals surface area contributed by atoms with Crippen molar-refractivity contribution in [3.8, 4) is 0 Å². The molecule has 0 aromatic carbocycles. The normalized spacial score (nSPS) is 11.3. The van der Waals surface area contributed by atoms with Crippen molar-refractivity contribution in [3.05, 3.63) is 0 Å². The fraction of sp³-hybridized carbons (Fsp3) is 0.889. The Bertz CT molecular complexity index is 140. The molecule has 0 fully saturated rings. The number of hydrogen-bond donors (Lipinski definition) is 1. The van der Waals surface area contributed by atoms with Crippen LogP contribution in [0.3, 0.4) is 0 Å². The number of amides is 1. The summed E-state index contributed by atoms with van der Waals surface area (Å²) in [7, 11) is 1.68. The van der Waals surface area contributed by atoms with Gasteiger partial charge in [0.1, 0.15) is 0 Å². The van der Waals surface area contributed by atoms with E-state index in [-0.39, 0.29) is 5.91 Å². The van der Waals surface area contributed by atoms with Gasteiger partial charge in [-0.05, 0) is 11.2 Å². The first-order valence-corrected chi connectivity index (χ1v) is 5.39. The lowest BCUT2D eigenvalue weighted by Crippen LogP contribution is -2.18. The van der Waals surface area contributed by atoms with Gasteiger partial charge in [0.05, 0.1) is 0 Å². The molecule has 0 radical (unpaired) electrons. The Labute approximate surface area is 79.5 Å². The third-order valence-corrected chi connectivity index (χ3v) is 2.85. The van der Waals surface area contributed by atoms with Gasteiger partial charge < -0.3 is 5.32 Å². The molecule has 0 aliphatic rings. The summed E-state index contributed by atoms with van der Waals surface area (Å²) in [5, 5.41) is 2.61. The van der Waals surface area contributed by atoms with Crippen LogP contribution in [-0.2, 0) is 4.79 Å². The minimum absolute atomic E-state index is 0.136. The highest BCUT2D eigenvalue weighted by atomic mass is 32.2. The van der Waals surface area contributed by atoms with E-state index in [2.05, 4.69) is 26.1 Å². The Morgan fingerprint density at radius 3 is 2.42 bits per heavy atom. The van der Waals surface area contributed by atoms with E-state index in [9.17, 15) is 4.79 Å². The Morgan fingerprint density at radius 2 is 2.00 bits per heavy atom. The Morgan fingerprint density at radius 1 is 1.42 bits per heavy atom. The largest absolute Gasteiger partial charge is 0.359 e. The highest BCUT2D eigenvalue weighted by Crippen LogP contribution is 2.20. The molecule has 1 N–H and O–H groups in total. The molecule has 0 atom stereocenters. The molecule has 0 saturated carbocycles. The molecule has 0 aromatic rings. The van der Waals surface area contributed by atoms with E-state index >= 15 is 0 Å². The van der Waals surface area contributed by atoms with Gasteiger partial charge in [0.2, 0.25) is 5.91 Å². The van der Waals surface area contributed by atoms with Gasteiger partial charge in [-0.25, -0.2) is 0 Å². The minimum atomic E-state index is 0.136. The van der Waals surface area contributed by atoms with Gasteiger partial charge in [0.25, 0.3) is 0 Å². The molecule has 0 rings (SSSR count). The molecule has 0 bridgehead atoms. The van der Waals surface area contributed by atoms with Crippen molar-refractivity contribution in [1.29, 1.82) is 0 Å². The van der Waals surface area contributed by atoms with Crippen molar-refractivity contribution in [2.24, 2.45) is 5.41 Å². The lowest BCUT2D eigenvalue weighted by molar-refractivity contribution is -0.120. The summed E-state index contributed by atoms with van der Waals surface area (Å²) in [6.07, 6.45) is 0.636. The van der Waals surface area contributed by atoms with E-state index in [0.29, 0.717) is 11.8 Å². The maximum Gasteiger partial charge on any atom is 0.220 e. The van der Waals surface area contributed by atoms with E-state index in [1.54, 1.807) is 7.05 Å². The number of nitrogens with one attached hydrogen (secondary N) is 1. The molecular formula is C9H19NOS. The van der Waals surface area contributed by atoms with Crippen LogP contribution in [0.4, 0.5) is 0 Å². The molecule has 12 heavy (non-hydrogen) atoms. The molecule has 0 spiro atoms. The van der Waals surface area contributed by atoms with E-state index in [4.69, 9.17) is 0 Å². The second kappa shape index (κ2) is 5.46. The Hall–Kier alpha value is -0.180. The van der Waals surface area contributed by atoms with Crippen molar-refractivity contribution in [2.75, 3.05) is 18.6 Å². The first-order chi connectivity index (χ1) is 5.45. The lowest BCUT2D eigenvalue weighted by Gasteiger charge is -2.16. The monoisotopic (exact) mass is 189 g/mol. The second-order valence-corrected chi connectivity index (χ2v) is 5.14. The Balaban J connectivity index is 3.28. The first-order valence-electron chi connectivity index (χ1n) is 4.24. The summed E-state index contributed by atoms with van der Waals surface area (Å²) >= 11 is 1.84. The number of carbonyl (C=O) groups excluding carboxylic acids is 1. The fourth-order valence-corrected chi connectivity index (χ4v) is 1.75.